The third kappa shape index (κ3) is 2.52. The van der Waals surface area contributed by atoms with Crippen molar-refractivity contribution in [3.63, 3.8) is 0 Å². The van der Waals surface area contributed by atoms with Gasteiger partial charge in [-0.15, -0.1) is 0 Å². The molecular weight excluding hydrogens is 394 g/mol. The van der Waals surface area contributed by atoms with Crippen LogP contribution in [0.2, 0.25) is 0 Å². The molecule has 3 aromatic carbocycles. The molecule has 6 rings (SSSR count). The highest BCUT2D eigenvalue weighted by molar-refractivity contribution is 6.06. The molecule has 0 bridgehead atoms. The third-order valence-electron chi connectivity index (χ3n) is 7.87. The Morgan fingerprint density at radius 3 is 2.44 bits per heavy atom. The molecule has 1 atom stereocenters. The average Bonchev–Trinajstić information content (AvgIpc) is 2.97. The Kier molecular flexibility index (Phi) is 4.14. The number of piperidine rings is 1. The number of likely N-dealkylation sites (N-methyl/N-ethyl adjacent to an activating group) is 1. The summed E-state index contributed by atoms with van der Waals surface area (Å²) in [5, 5.41) is 2.44. The minimum Gasteiger partial charge on any atom is -0.459 e. The SMILES string of the molecule is Cc1ccc2c(c1)C(C)(C)C1(C=Nc3c(cc(N4CCCCC4)c4ccccc34)O1)N2C. The Bertz CT molecular complexity index is 1260. The van der Waals surface area contributed by atoms with E-state index >= 15 is 0 Å². The Morgan fingerprint density at radius 1 is 0.906 bits per heavy atom. The fourth-order valence-corrected chi connectivity index (χ4v) is 5.95. The van der Waals surface area contributed by atoms with Gasteiger partial charge in [0.05, 0.1) is 11.6 Å². The lowest BCUT2D eigenvalue weighted by atomic mass is 9.77. The standard InChI is InChI=1S/C28H31N3O/c1-19-12-13-23-22(16-19)27(2,3)28(30(23)4)18-29-26-21-11-7-6-10-20(21)24(17-25(26)32-28)31-14-8-5-9-15-31/h6-7,10-13,16-18H,5,8-9,14-15H2,1-4H3. The smallest absolute Gasteiger partial charge is 0.228 e. The molecule has 3 heterocycles. The number of hydrogen-bond donors (Lipinski definition) is 0. The van der Waals surface area contributed by atoms with Gasteiger partial charge in [-0.3, -0.25) is 4.99 Å². The Balaban J connectivity index is 1.53. The van der Waals surface area contributed by atoms with Crippen molar-refractivity contribution in [2.75, 3.05) is 29.9 Å². The molecule has 32 heavy (non-hydrogen) atoms. The van der Waals surface area contributed by atoms with Crippen LogP contribution in [-0.4, -0.2) is 32.1 Å². The number of rotatable bonds is 1. The van der Waals surface area contributed by atoms with Crippen LogP contribution < -0.4 is 14.5 Å². The number of benzene rings is 3. The van der Waals surface area contributed by atoms with Gasteiger partial charge >= 0.3 is 0 Å². The summed E-state index contributed by atoms with van der Waals surface area (Å²) in [6, 6.07) is 17.6. The summed E-state index contributed by atoms with van der Waals surface area (Å²) in [6.45, 7) is 8.92. The molecule has 0 aromatic heterocycles. The summed E-state index contributed by atoms with van der Waals surface area (Å²) in [4.78, 5) is 9.88. The molecule has 1 saturated heterocycles. The molecule has 0 saturated carbocycles. The first kappa shape index (κ1) is 19.7. The first-order chi connectivity index (χ1) is 15.4. The van der Waals surface area contributed by atoms with Crippen molar-refractivity contribution in [2.24, 2.45) is 4.99 Å². The molecule has 1 spiro atoms. The van der Waals surface area contributed by atoms with Gasteiger partial charge in [-0.05, 0) is 51.7 Å². The van der Waals surface area contributed by atoms with Gasteiger partial charge in [-0.1, -0.05) is 42.0 Å². The van der Waals surface area contributed by atoms with Crippen molar-refractivity contribution in [3.8, 4) is 5.75 Å². The largest absolute Gasteiger partial charge is 0.459 e. The van der Waals surface area contributed by atoms with Gasteiger partial charge in [0.15, 0.2) is 5.75 Å². The first-order valence-corrected chi connectivity index (χ1v) is 11.8. The van der Waals surface area contributed by atoms with Gasteiger partial charge in [0.2, 0.25) is 5.72 Å². The predicted molar refractivity (Wildman–Crippen MR) is 134 cm³/mol. The Hall–Kier alpha value is -3.01. The number of hydrogen-bond acceptors (Lipinski definition) is 4. The van der Waals surface area contributed by atoms with Gasteiger partial charge < -0.3 is 14.5 Å². The maximum atomic E-state index is 7.02. The normalized spacial score (nSPS) is 23.4. The summed E-state index contributed by atoms with van der Waals surface area (Å²) in [6.07, 6.45) is 5.86. The molecule has 0 aliphatic carbocycles. The zero-order valence-electron chi connectivity index (χ0n) is 19.5. The van der Waals surface area contributed by atoms with Crippen LogP contribution in [0.15, 0.2) is 53.5 Å². The van der Waals surface area contributed by atoms with Crippen LogP contribution in [0.25, 0.3) is 10.8 Å². The van der Waals surface area contributed by atoms with E-state index in [9.17, 15) is 0 Å². The number of anilines is 2. The van der Waals surface area contributed by atoms with E-state index in [1.807, 2.05) is 6.21 Å². The zero-order chi connectivity index (χ0) is 22.1. The van der Waals surface area contributed by atoms with E-state index in [4.69, 9.17) is 9.73 Å². The maximum absolute atomic E-state index is 7.02. The summed E-state index contributed by atoms with van der Waals surface area (Å²) in [5.41, 5.74) is 5.12. The second-order valence-electron chi connectivity index (χ2n) is 10.1. The Labute approximate surface area is 190 Å². The monoisotopic (exact) mass is 425 g/mol. The van der Waals surface area contributed by atoms with E-state index in [-0.39, 0.29) is 5.41 Å². The molecular formula is C28H31N3O. The molecule has 0 radical (unpaired) electrons. The van der Waals surface area contributed by atoms with E-state index in [1.54, 1.807) is 0 Å². The van der Waals surface area contributed by atoms with Crippen LogP contribution >= 0.6 is 0 Å². The van der Waals surface area contributed by atoms with Crippen molar-refractivity contribution in [1.29, 1.82) is 0 Å². The average molecular weight is 426 g/mol. The number of fused-ring (bicyclic) bond motifs is 4. The van der Waals surface area contributed by atoms with Crippen LogP contribution in [0, 0.1) is 6.92 Å². The highest BCUT2D eigenvalue weighted by atomic mass is 16.5. The van der Waals surface area contributed by atoms with Crippen molar-refractivity contribution in [2.45, 2.75) is 51.2 Å². The quantitative estimate of drug-likeness (QED) is 0.454. The number of nitrogens with zero attached hydrogens (tertiary/aromatic N) is 3. The van der Waals surface area contributed by atoms with Gasteiger partial charge in [-0.2, -0.15) is 0 Å². The van der Waals surface area contributed by atoms with Crippen LogP contribution in [0.5, 0.6) is 5.75 Å². The molecule has 1 unspecified atom stereocenters. The van der Waals surface area contributed by atoms with Gasteiger partial charge in [0.25, 0.3) is 0 Å². The van der Waals surface area contributed by atoms with Crippen molar-refractivity contribution in [1.82, 2.24) is 0 Å². The molecule has 1 fully saturated rings. The highest BCUT2D eigenvalue weighted by Gasteiger charge is 2.58. The number of ether oxygens (including phenoxy) is 1. The molecule has 4 heteroatoms. The lowest BCUT2D eigenvalue weighted by molar-refractivity contribution is 0.0827. The molecule has 3 aliphatic heterocycles. The van der Waals surface area contributed by atoms with Crippen LogP contribution in [0.1, 0.15) is 44.2 Å². The lowest BCUT2D eigenvalue weighted by Gasteiger charge is -2.45. The first-order valence-electron chi connectivity index (χ1n) is 11.8. The number of aryl methyl sites for hydroxylation is 1. The van der Waals surface area contributed by atoms with E-state index in [0.29, 0.717) is 0 Å². The molecule has 0 amide bonds. The topological polar surface area (TPSA) is 28.1 Å². The number of aliphatic imine (C=N–C) groups is 1. The fraction of sp³-hybridized carbons (Fsp3) is 0.393. The predicted octanol–water partition coefficient (Wildman–Crippen LogP) is 6.36. The zero-order valence-corrected chi connectivity index (χ0v) is 19.5. The van der Waals surface area contributed by atoms with E-state index < -0.39 is 5.72 Å². The summed E-state index contributed by atoms with van der Waals surface area (Å²) >= 11 is 0. The fourth-order valence-electron chi connectivity index (χ4n) is 5.95. The lowest BCUT2D eigenvalue weighted by Crippen LogP contribution is -2.61. The van der Waals surface area contributed by atoms with E-state index in [1.165, 1.54) is 52.5 Å². The summed E-state index contributed by atoms with van der Waals surface area (Å²) < 4.78 is 7.02. The third-order valence-corrected chi connectivity index (χ3v) is 7.87. The van der Waals surface area contributed by atoms with Gasteiger partial charge in [0, 0.05) is 48.4 Å². The molecule has 3 aliphatic rings. The molecule has 0 N–H and O–H groups in total. The second kappa shape index (κ2) is 6.74. The van der Waals surface area contributed by atoms with Crippen LogP contribution in [0.3, 0.4) is 0 Å². The van der Waals surface area contributed by atoms with Crippen molar-refractivity contribution >= 4 is 34.0 Å². The van der Waals surface area contributed by atoms with E-state index in [2.05, 4.69) is 86.1 Å². The van der Waals surface area contributed by atoms with Crippen LogP contribution in [-0.2, 0) is 5.41 Å². The summed E-state index contributed by atoms with van der Waals surface area (Å²) in [7, 11) is 2.13. The van der Waals surface area contributed by atoms with Crippen molar-refractivity contribution in [3.05, 3.63) is 59.7 Å². The van der Waals surface area contributed by atoms with E-state index in [0.717, 1.165) is 24.5 Å². The maximum Gasteiger partial charge on any atom is 0.228 e. The minimum atomic E-state index is -0.655. The minimum absolute atomic E-state index is 0.249. The van der Waals surface area contributed by atoms with Gasteiger partial charge in [-0.25, -0.2) is 0 Å². The highest BCUT2D eigenvalue weighted by Crippen LogP contribution is 2.55. The molecule has 164 valence electrons. The summed E-state index contributed by atoms with van der Waals surface area (Å²) in [5.74, 6) is 0.885. The molecule has 3 aromatic rings. The molecule has 4 nitrogen and oxygen atoms in total. The van der Waals surface area contributed by atoms with Gasteiger partial charge in [0.1, 0.15) is 5.69 Å². The second-order valence-corrected chi connectivity index (χ2v) is 10.1. The Morgan fingerprint density at radius 2 is 1.66 bits per heavy atom. The van der Waals surface area contributed by atoms with Crippen LogP contribution in [0.4, 0.5) is 17.1 Å². The van der Waals surface area contributed by atoms with Crippen molar-refractivity contribution < 1.29 is 4.74 Å².